The number of nitrogens with zero attached hydrogens (tertiary/aromatic N) is 1. The Morgan fingerprint density at radius 3 is 2.62 bits per heavy atom. The first-order valence-corrected chi connectivity index (χ1v) is 6.50. The number of aryl methyl sites for hydroxylation is 3. The van der Waals surface area contributed by atoms with Gasteiger partial charge in [0.15, 0.2) is 0 Å². The van der Waals surface area contributed by atoms with Crippen LogP contribution in [0.25, 0.3) is 0 Å². The Morgan fingerprint density at radius 2 is 1.94 bits per heavy atom. The molecule has 0 fully saturated rings. The summed E-state index contributed by atoms with van der Waals surface area (Å²) in [5, 5.41) is 0. The van der Waals surface area contributed by atoms with Gasteiger partial charge in [0.2, 0.25) is 0 Å². The number of hydrogen-bond acceptors (Lipinski definition) is 1. The molecule has 88 valence electrons. The topological polar surface area (TPSA) is 3.24 Å². The molecule has 0 aromatic heterocycles. The van der Waals surface area contributed by atoms with Crippen molar-refractivity contribution in [1.82, 2.24) is 0 Å². The predicted molar refractivity (Wildman–Crippen MR) is 71.3 cm³/mol. The van der Waals surface area contributed by atoms with E-state index < -0.39 is 0 Å². The lowest BCUT2D eigenvalue weighted by molar-refractivity contribution is 0.579. The highest BCUT2D eigenvalue weighted by Gasteiger charge is 2.20. The fraction of sp³-hybridized carbons (Fsp3) is 0.600. The summed E-state index contributed by atoms with van der Waals surface area (Å²) < 4.78 is 0. The number of anilines is 1. The van der Waals surface area contributed by atoms with E-state index in [0.717, 1.165) is 0 Å². The summed E-state index contributed by atoms with van der Waals surface area (Å²) in [7, 11) is 0. The molecule has 1 aliphatic heterocycles. The van der Waals surface area contributed by atoms with Crippen molar-refractivity contribution in [2.75, 3.05) is 11.4 Å². The summed E-state index contributed by atoms with van der Waals surface area (Å²) in [6.07, 6.45) is 3.79. The van der Waals surface area contributed by atoms with E-state index in [0.29, 0.717) is 6.04 Å². The van der Waals surface area contributed by atoms with Gasteiger partial charge in [0.05, 0.1) is 0 Å². The third kappa shape index (κ3) is 1.95. The summed E-state index contributed by atoms with van der Waals surface area (Å²) in [4.78, 5) is 2.59. The number of fused-ring (bicyclic) bond motifs is 1. The maximum atomic E-state index is 2.59. The third-order valence-electron chi connectivity index (χ3n) is 3.97. The van der Waals surface area contributed by atoms with Crippen molar-refractivity contribution < 1.29 is 0 Å². The van der Waals surface area contributed by atoms with Crippen LogP contribution >= 0.6 is 0 Å². The number of rotatable bonds is 2. The maximum Gasteiger partial charge on any atom is 0.0404 e. The van der Waals surface area contributed by atoms with Crippen LogP contribution in [0.4, 0.5) is 5.69 Å². The normalized spacial score (nSPS) is 17.1. The molecule has 0 spiro atoms. The average molecular weight is 217 g/mol. The standard InChI is InChI=1S/C15H23N/c1-5-13(4)16-8-6-7-14-9-11(2)12(3)10-15(14)16/h9-10,13H,5-8H2,1-4H3. The molecule has 1 atom stereocenters. The van der Waals surface area contributed by atoms with Crippen LogP contribution in [0, 0.1) is 13.8 Å². The molecule has 1 aliphatic rings. The first kappa shape index (κ1) is 11.5. The minimum absolute atomic E-state index is 0.668. The highest BCUT2D eigenvalue weighted by molar-refractivity contribution is 5.59. The van der Waals surface area contributed by atoms with E-state index in [4.69, 9.17) is 0 Å². The van der Waals surface area contributed by atoms with Crippen LogP contribution in [0.2, 0.25) is 0 Å². The van der Waals surface area contributed by atoms with E-state index in [2.05, 4.69) is 44.7 Å². The molecule has 0 saturated carbocycles. The van der Waals surface area contributed by atoms with Crippen molar-refractivity contribution in [2.24, 2.45) is 0 Å². The van der Waals surface area contributed by atoms with Gasteiger partial charge in [-0.3, -0.25) is 0 Å². The fourth-order valence-electron chi connectivity index (χ4n) is 2.57. The monoisotopic (exact) mass is 217 g/mol. The molecule has 0 bridgehead atoms. The SMILES string of the molecule is CCC(C)N1CCCc2cc(C)c(C)cc21. The highest BCUT2D eigenvalue weighted by atomic mass is 15.2. The second-order valence-electron chi connectivity index (χ2n) is 5.12. The Hall–Kier alpha value is -0.980. The Kier molecular flexibility index (Phi) is 3.22. The molecule has 16 heavy (non-hydrogen) atoms. The van der Waals surface area contributed by atoms with Crippen LogP contribution in [0.15, 0.2) is 12.1 Å². The van der Waals surface area contributed by atoms with Gasteiger partial charge in [-0.15, -0.1) is 0 Å². The van der Waals surface area contributed by atoms with Crippen LogP contribution in [-0.4, -0.2) is 12.6 Å². The summed E-state index contributed by atoms with van der Waals surface area (Å²) in [6, 6.07) is 5.44. The lowest BCUT2D eigenvalue weighted by Gasteiger charge is -2.36. The van der Waals surface area contributed by atoms with Gasteiger partial charge in [-0.05, 0) is 62.8 Å². The Labute approximate surface area is 99.5 Å². The van der Waals surface area contributed by atoms with E-state index in [-0.39, 0.29) is 0 Å². The minimum atomic E-state index is 0.668. The quantitative estimate of drug-likeness (QED) is 0.727. The molecule has 0 amide bonds. The van der Waals surface area contributed by atoms with E-state index in [1.165, 1.54) is 42.6 Å². The van der Waals surface area contributed by atoms with E-state index in [1.807, 2.05) is 0 Å². The van der Waals surface area contributed by atoms with Gasteiger partial charge in [-0.2, -0.15) is 0 Å². The van der Waals surface area contributed by atoms with Crippen molar-refractivity contribution in [3.63, 3.8) is 0 Å². The zero-order valence-corrected chi connectivity index (χ0v) is 11.0. The molecule has 1 nitrogen and oxygen atoms in total. The smallest absolute Gasteiger partial charge is 0.0404 e. The third-order valence-corrected chi connectivity index (χ3v) is 3.97. The summed E-state index contributed by atoms with van der Waals surface area (Å²) in [6.45, 7) is 10.3. The summed E-state index contributed by atoms with van der Waals surface area (Å²) >= 11 is 0. The zero-order valence-electron chi connectivity index (χ0n) is 11.0. The lowest BCUT2D eigenvalue weighted by atomic mass is 9.95. The largest absolute Gasteiger partial charge is 0.369 e. The van der Waals surface area contributed by atoms with Crippen molar-refractivity contribution in [1.29, 1.82) is 0 Å². The molecule has 1 heterocycles. The van der Waals surface area contributed by atoms with Gasteiger partial charge in [-0.1, -0.05) is 13.0 Å². The molecular formula is C15H23N. The molecule has 0 aliphatic carbocycles. The molecule has 0 radical (unpaired) electrons. The molecule has 0 saturated heterocycles. The first-order chi connectivity index (χ1) is 7.63. The summed E-state index contributed by atoms with van der Waals surface area (Å²) in [5.74, 6) is 0. The van der Waals surface area contributed by atoms with Gasteiger partial charge in [0, 0.05) is 18.3 Å². The summed E-state index contributed by atoms with van der Waals surface area (Å²) in [5.41, 5.74) is 5.90. The lowest BCUT2D eigenvalue weighted by Crippen LogP contribution is -2.36. The predicted octanol–water partition coefficient (Wildman–Crippen LogP) is 3.85. The van der Waals surface area contributed by atoms with Crippen LogP contribution in [0.5, 0.6) is 0 Å². The van der Waals surface area contributed by atoms with E-state index in [9.17, 15) is 0 Å². The molecule has 1 aromatic rings. The van der Waals surface area contributed by atoms with Crippen molar-refractivity contribution in [3.05, 3.63) is 28.8 Å². The van der Waals surface area contributed by atoms with Gasteiger partial charge < -0.3 is 4.90 Å². The van der Waals surface area contributed by atoms with Crippen molar-refractivity contribution in [3.8, 4) is 0 Å². The van der Waals surface area contributed by atoms with Gasteiger partial charge in [0.25, 0.3) is 0 Å². The Balaban J connectivity index is 2.41. The fourth-order valence-corrected chi connectivity index (χ4v) is 2.57. The maximum absolute atomic E-state index is 2.59. The van der Waals surface area contributed by atoms with Crippen LogP contribution < -0.4 is 4.90 Å². The van der Waals surface area contributed by atoms with Crippen LogP contribution in [0.3, 0.4) is 0 Å². The molecule has 1 unspecified atom stereocenters. The van der Waals surface area contributed by atoms with Gasteiger partial charge >= 0.3 is 0 Å². The highest BCUT2D eigenvalue weighted by Crippen LogP contribution is 2.31. The van der Waals surface area contributed by atoms with Gasteiger partial charge in [0.1, 0.15) is 0 Å². The Bertz CT molecular complexity index is 381. The van der Waals surface area contributed by atoms with Gasteiger partial charge in [-0.25, -0.2) is 0 Å². The van der Waals surface area contributed by atoms with E-state index in [1.54, 1.807) is 5.56 Å². The van der Waals surface area contributed by atoms with Crippen molar-refractivity contribution >= 4 is 5.69 Å². The first-order valence-electron chi connectivity index (χ1n) is 6.50. The number of hydrogen-bond donors (Lipinski definition) is 0. The zero-order chi connectivity index (χ0) is 11.7. The minimum Gasteiger partial charge on any atom is -0.369 e. The van der Waals surface area contributed by atoms with Crippen LogP contribution in [-0.2, 0) is 6.42 Å². The Morgan fingerprint density at radius 1 is 1.25 bits per heavy atom. The number of benzene rings is 1. The molecule has 2 rings (SSSR count). The molecule has 1 heteroatoms. The second-order valence-corrected chi connectivity index (χ2v) is 5.12. The van der Waals surface area contributed by atoms with Crippen molar-refractivity contribution in [2.45, 2.75) is 53.0 Å². The molecular weight excluding hydrogens is 194 g/mol. The molecule has 0 N–H and O–H groups in total. The van der Waals surface area contributed by atoms with E-state index >= 15 is 0 Å². The van der Waals surface area contributed by atoms with Crippen LogP contribution in [0.1, 0.15) is 43.4 Å². The average Bonchev–Trinajstić information content (AvgIpc) is 2.29. The second kappa shape index (κ2) is 4.48. The molecule has 1 aromatic carbocycles.